The summed E-state index contributed by atoms with van der Waals surface area (Å²) in [4.78, 5) is 26.8. The summed E-state index contributed by atoms with van der Waals surface area (Å²) in [5.74, 6) is 0.228. The molecule has 10 atom stereocenters. The van der Waals surface area contributed by atoms with E-state index in [1.807, 2.05) is 0 Å². The molecule has 0 spiro atoms. The molecule has 188 valence electrons. The predicted octanol–water partition coefficient (Wildman–Crippen LogP) is 6.19. The number of carboxylic acids is 1. The number of rotatable bonds is 5. The number of fused-ring (bicyclic) bond motifs is 2. The first-order valence-electron chi connectivity index (χ1n) is 14.0. The summed E-state index contributed by atoms with van der Waals surface area (Å²) in [6.07, 6.45) is 11.1. The first kappa shape index (κ1) is 23.2. The van der Waals surface area contributed by atoms with Gasteiger partial charge in [-0.3, -0.25) is 4.79 Å². The number of carbonyl (C=O) groups is 2. The van der Waals surface area contributed by atoms with Gasteiger partial charge in [-0.1, -0.05) is 58.1 Å². The topological polar surface area (TPSA) is 63.6 Å². The van der Waals surface area contributed by atoms with Crippen LogP contribution in [0.15, 0.2) is 11.6 Å². The average molecular weight is 473 g/mol. The summed E-state index contributed by atoms with van der Waals surface area (Å²) >= 11 is 0. The molecular formula is C29H41FO4. The Kier molecular flexibility index (Phi) is 5.21. The van der Waals surface area contributed by atoms with Crippen molar-refractivity contribution in [2.75, 3.05) is 0 Å². The van der Waals surface area contributed by atoms with Gasteiger partial charge in [0.1, 0.15) is 11.7 Å². The number of aliphatic carboxylic acids is 1. The van der Waals surface area contributed by atoms with E-state index in [9.17, 15) is 14.7 Å². The molecule has 0 aromatic rings. The molecule has 0 aromatic heterocycles. The third kappa shape index (κ3) is 2.48. The minimum Gasteiger partial charge on any atom is -0.481 e. The van der Waals surface area contributed by atoms with Gasteiger partial charge in [-0.2, -0.15) is 0 Å². The van der Waals surface area contributed by atoms with Gasteiger partial charge in [0.05, 0.1) is 11.5 Å². The monoisotopic (exact) mass is 472 g/mol. The molecule has 0 aromatic carbocycles. The van der Waals surface area contributed by atoms with E-state index in [-0.39, 0.29) is 23.7 Å². The Morgan fingerprint density at radius 3 is 2.53 bits per heavy atom. The van der Waals surface area contributed by atoms with Gasteiger partial charge >= 0.3 is 5.97 Å². The highest BCUT2D eigenvalue weighted by Crippen LogP contribution is 2.84. The van der Waals surface area contributed by atoms with Crippen LogP contribution in [-0.2, 0) is 14.3 Å². The Bertz CT molecular complexity index is 908. The summed E-state index contributed by atoms with van der Waals surface area (Å²) in [7, 11) is 0. The summed E-state index contributed by atoms with van der Waals surface area (Å²) in [6, 6.07) is 0. The Morgan fingerprint density at radius 2 is 1.88 bits per heavy atom. The van der Waals surface area contributed by atoms with Crippen LogP contribution in [0.1, 0.15) is 85.0 Å². The maximum atomic E-state index is 15.6. The molecule has 0 amide bonds. The highest BCUT2D eigenvalue weighted by Gasteiger charge is 2.86. The third-order valence-corrected chi connectivity index (χ3v) is 11.9. The standard InChI is InChI=1S/C29H41FO4/c1-16(2)23-11-19-13-27(15-31)22-10-9-17(3)21(22)14-28(19,29(23,27)26(32)33)24-12-20(25(30)34-24)18-7-5-4-6-8-18/h11,15-22,24-25H,4-10,12-14H2,1-3H3,(H,32,33)/t17-,19?,20+,21-,22-,24-,25-,27?,28?,29+/m1/s1. The van der Waals surface area contributed by atoms with Crippen LogP contribution in [0, 0.1) is 57.7 Å². The van der Waals surface area contributed by atoms with Crippen molar-refractivity contribution in [1.29, 1.82) is 0 Å². The SMILES string of the molecule is CC(C)C1=CC2CC3(C=O)[C@@H]4CC[C@@H](C)[C@H]4CC2([C@H]2C[C@@H](C4CCCCC4)[C@H](F)O2)[C@]13C(=O)O. The molecule has 1 N–H and O–H groups in total. The Labute approximate surface area is 203 Å². The van der Waals surface area contributed by atoms with Crippen molar-refractivity contribution in [3.63, 3.8) is 0 Å². The molecule has 4 nitrogen and oxygen atoms in total. The van der Waals surface area contributed by atoms with Crippen LogP contribution in [0.4, 0.5) is 4.39 Å². The van der Waals surface area contributed by atoms with Crippen LogP contribution in [0.2, 0.25) is 0 Å². The average Bonchev–Trinajstić information content (AvgIpc) is 3.52. The van der Waals surface area contributed by atoms with E-state index >= 15 is 4.39 Å². The molecule has 0 radical (unpaired) electrons. The maximum absolute atomic E-state index is 15.6. The number of halogens is 1. The quantitative estimate of drug-likeness (QED) is 0.383. The van der Waals surface area contributed by atoms with Crippen LogP contribution in [0.5, 0.6) is 0 Å². The van der Waals surface area contributed by atoms with E-state index < -0.39 is 34.7 Å². The predicted molar refractivity (Wildman–Crippen MR) is 126 cm³/mol. The highest BCUT2D eigenvalue weighted by molar-refractivity contribution is 5.90. The lowest BCUT2D eigenvalue weighted by Crippen LogP contribution is -2.65. The van der Waals surface area contributed by atoms with Gasteiger partial charge in [0.25, 0.3) is 0 Å². The zero-order valence-corrected chi connectivity index (χ0v) is 21.0. The van der Waals surface area contributed by atoms with Gasteiger partial charge < -0.3 is 14.6 Å². The largest absolute Gasteiger partial charge is 0.481 e. The highest BCUT2D eigenvalue weighted by atomic mass is 19.1. The number of allylic oxidation sites excluding steroid dienone is 1. The Hall–Kier alpha value is -1.23. The number of hydrogen-bond acceptors (Lipinski definition) is 3. The second-order valence-corrected chi connectivity index (χ2v) is 13.1. The minimum absolute atomic E-state index is 0.0219. The van der Waals surface area contributed by atoms with Crippen LogP contribution >= 0.6 is 0 Å². The van der Waals surface area contributed by atoms with Crippen molar-refractivity contribution in [1.82, 2.24) is 0 Å². The van der Waals surface area contributed by atoms with E-state index in [1.165, 1.54) is 6.42 Å². The van der Waals surface area contributed by atoms with Crippen LogP contribution in [0.25, 0.3) is 0 Å². The Balaban J connectivity index is 1.50. The fourth-order valence-electron chi connectivity index (χ4n) is 10.8. The van der Waals surface area contributed by atoms with Gasteiger partial charge in [-0.05, 0) is 74.0 Å². The van der Waals surface area contributed by atoms with Crippen LogP contribution in [-0.4, -0.2) is 29.8 Å². The number of alkyl halides is 1. The first-order valence-corrected chi connectivity index (χ1v) is 14.0. The maximum Gasteiger partial charge on any atom is 0.315 e. The molecule has 5 fully saturated rings. The number of carbonyl (C=O) groups excluding carboxylic acids is 1. The smallest absolute Gasteiger partial charge is 0.315 e. The molecule has 5 aliphatic carbocycles. The molecule has 6 rings (SSSR count). The Morgan fingerprint density at radius 1 is 1.15 bits per heavy atom. The second-order valence-electron chi connectivity index (χ2n) is 13.1. The van der Waals surface area contributed by atoms with Gasteiger partial charge in [0.15, 0.2) is 0 Å². The zero-order valence-electron chi connectivity index (χ0n) is 21.0. The molecular weight excluding hydrogens is 431 g/mol. The number of carboxylic acid groups (broad SMARTS) is 1. The molecule has 3 unspecified atom stereocenters. The normalized spacial score (nSPS) is 52.1. The van der Waals surface area contributed by atoms with Crippen molar-refractivity contribution in [2.24, 2.45) is 57.7 Å². The van der Waals surface area contributed by atoms with Gasteiger partial charge in [0.2, 0.25) is 6.36 Å². The summed E-state index contributed by atoms with van der Waals surface area (Å²) in [6.45, 7) is 6.39. The number of aldehydes is 1. The molecule has 1 aliphatic heterocycles. The molecule has 34 heavy (non-hydrogen) atoms. The van der Waals surface area contributed by atoms with Crippen LogP contribution < -0.4 is 0 Å². The van der Waals surface area contributed by atoms with E-state index in [1.54, 1.807) is 0 Å². The van der Waals surface area contributed by atoms with Crippen molar-refractivity contribution in [2.45, 2.75) is 97.4 Å². The lowest BCUT2D eigenvalue weighted by Gasteiger charge is -2.59. The van der Waals surface area contributed by atoms with Crippen LogP contribution in [0.3, 0.4) is 0 Å². The lowest BCUT2D eigenvalue weighted by atomic mass is 9.41. The van der Waals surface area contributed by atoms with Crippen molar-refractivity contribution in [3.05, 3.63) is 11.6 Å². The molecule has 1 heterocycles. The summed E-state index contributed by atoms with van der Waals surface area (Å²) < 4.78 is 21.9. The van der Waals surface area contributed by atoms with E-state index in [2.05, 4.69) is 26.8 Å². The van der Waals surface area contributed by atoms with E-state index in [0.717, 1.165) is 56.8 Å². The molecule has 4 saturated carbocycles. The number of hydrogen-bond donors (Lipinski definition) is 1. The fraction of sp³-hybridized carbons (Fsp3) is 0.862. The minimum atomic E-state index is -1.32. The third-order valence-electron chi connectivity index (χ3n) is 11.9. The first-order chi connectivity index (χ1) is 16.2. The van der Waals surface area contributed by atoms with Crippen molar-refractivity contribution >= 4 is 12.3 Å². The lowest BCUT2D eigenvalue weighted by molar-refractivity contribution is -0.202. The fourth-order valence-corrected chi connectivity index (χ4v) is 10.8. The van der Waals surface area contributed by atoms with Crippen molar-refractivity contribution in [3.8, 4) is 0 Å². The second kappa shape index (κ2) is 7.63. The molecule has 5 heteroatoms. The molecule has 1 saturated heterocycles. The van der Waals surface area contributed by atoms with Crippen molar-refractivity contribution < 1.29 is 23.8 Å². The van der Waals surface area contributed by atoms with E-state index in [4.69, 9.17) is 4.74 Å². The zero-order chi connectivity index (χ0) is 24.0. The van der Waals surface area contributed by atoms with E-state index in [0.29, 0.717) is 30.6 Å². The molecule has 4 bridgehead atoms. The number of ether oxygens (including phenoxy) is 1. The molecule has 6 aliphatic rings. The summed E-state index contributed by atoms with van der Waals surface area (Å²) in [5.41, 5.74) is -1.96. The van der Waals surface area contributed by atoms with Gasteiger partial charge in [0, 0.05) is 11.3 Å². The van der Waals surface area contributed by atoms with Gasteiger partial charge in [-0.15, -0.1) is 0 Å². The summed E-state index contributed by atoms with van der Waals surface area (Å²) in [5, 5.41) is 11.2. The van der Waals surface area contributed by atoms with Gasteiger partial charge in [-0.25, -0.2) is 4.39 Å².